The van der Waals surface area contributed by atoms with Gasteiger partial charge in [0.2, 0.25) is 0 Å². The van der Waals surface area contributed by atoms with Gasteiger partial charge in [-0.25, -0.2) is 5.43 Å². The van der Waals surface area contributed by atoms with Crippen LogP contribution in [0.3, 0.4) is 0 Å². The van der Waals surface area contributed by atoms with E-state index in [9.17, 15) is 4.79 Å². The van der Waals surface area contributed by atoms with E-state index < -0.39 is 0 Å². The Balaban J connectivity index is 2.54. The molecule has 0 aromatic carbocycles. The first-order chi connectivity index (χ1) is 7.24. The Kier molecular flexibility index (Phi) is 4.47. The molecule has 1 aromatic heterocycles. The minimum Gasteiger partial charge on any atom is -0.266 e. The van der Waals surface area contributed by atoms with Crippen LogP contribution in [0, 0.1) is 0 Å². The molecule has 1 aromatic rings. The molecular weight excluding hydrogens is 190 g/mol. The minimum absolute atomic E-state index is 0.272. The van der Waals surface area contributed by atoms with Gasteiger partial charge >= 0.3 is 0 Å². The fraction of sp³-hybridized carbons (Fsp3) is 0.364. The van der Waals surface area contributed by atoms with Crippen LogP contribution in [0.2, 0.25) is 0 Å². The van der Waals surface area contributed by atoms with Gasteiger partial charge in [0.25, 0.3) is 5.91 Å². The summed E-state index contributed by atoms with van der Waals surface area (Å²) in [7, 11) is 0. The molecule has 0 unspecified atom stereocenters. The quantitative estimate of drug-likeness (QED) is 0.603. The Bertz CT molecular complexity index is 346. The van der Waals surface area contributed by atoms with Crippen molar-refractivity contribution in [2.24, 2.45) is 5.10 Å². The van der Waals surface area contributed by atoms with E-state index in [4.69, 9.17) is 0 Å². The van der Waals surface area contributed by atoms with E-state index in [0.717, 1.165) is 18.6 Å². The van der Waals surface area contributed by atoms with Crippen molar-refractivity contribution in [3.05, 3.63) is 30.1 Å². The second kappa shape index (κ2) is 5.90. The van der Waals surface area contributed by atoms with Gasteiger partial charge in [-0.05, 0) is 25.5 Å². The van der Waals surface area contributed by atoms with Gasteiger partial charge in [0.05, 0.1) is 0 Å². The zero-order chi connectivity index (χ0) is 11.1. The summed E-state index contributed by atoms with van der Waals surface area (Å²) in [5.74, 6) is -0.272. The second-order valence-electron chi connectivity index (χ2n) is 3.25. The average molecular weight is 205 g/mol. The molecule has 0 fully saturated rings. The molecule has 0 atom stereocenters. The maximum Gasteiger partial charge on any atom is 0.289 e. The number of nitrogens with one attached hydrogen (secondary N) is 1. The van der Waals surface area contributed by atoms with Crippen LogP contribution in [0.1, 0.15) is 37.2 Å². The van der Waals surface area contributed by atoms with Crippen LogP contribution in [-0.2, 0) is 0 Å². The first-order valence-corrected chi connectivity index (χ1v) is 4.98. The van der Waals surface area contributed by atoms with Crippen molar-refractivity contribution >= 4 is 11.6 Å². The highest BCUT2D eigenvalue weighted by Crippen LogP contribution is 1.94. The summed E-state index contributed by atoms with van der Waals surface area (Å²) >= 11 is 0. The largest absolute Gasteiger partial charge is 0.289 e. The highest BCUT2D eigenvalue weighted by Gasteiger charge is 2.03. The molecule has 0 bridgehead atoms. The van der Waals surface area contributed by atoms with E-state index in [1.54, 1.807) is 24.4 Å². The molecular formula is C11H15N3O. The van der Waals surface area contributed by atoms with E-state index >= 15 is 0 Å². The number of hydrogen-bond donors (Lipinski definition) is 1. The van der Waals surface area contributed by atoms with Crippen LogP contribution >= 0.6 is 0 Å². The predicted molar refractivity (Wildman–Crippen MR) is 59.7 cm³/mol. The number of nitrogens with zero attached hydrogens (tertiary/aromatic N) is 2. The molecule has 4 nitrogen and oxygen atoms in total. The number of pyridine rings is 1. The van der Waals surface area contributed by atoms with Gasteiger partial charge in [0, 0.05) is 11.9 Å². The molecule has 1 rings (SSSR count). The first kappa shape index (κ1) is 11.4. The molecule has 0 saturated heterocycles. The number of carbonyl (C=O) groups excluding carboxylic acids is 1. The molecule has 0 saturated carbocycles. The molecule has 0 aliphatic rings. The fourth-order valence-electron chi connectivity index (χ4n) is 1.12. The van der Waals surface area contributed by atoms with E-state index in [1.165, 1.54) is 0 Å². The number of carbonyl (C=O) groups is 1. The summed E-state index contributed by atoms with van der Waals surface area (Å²) in [6.07, 6.45) is 3.49. The van der Waals surface area contributed by atoms with Crippen molar-refractivity contribution in [3.8, 4) is 0 Å². The molecule has 0 radical (unpaired) electrons. The fourth-order valence-corrected chi connectivity index (χ4v) is 1.12. The molecule has 80 valence electrons. The summed E-state index contributed by atoms with van der Waals surface area (Å²) < 4.78 is 0. The second-order valence-corrected chi connectivity index (χ2v) is 3.25. The summed E-state index contributed by atoms with van der Waals surface area (Å²) in [5.41, 5.74) is 3.77. The molecule has 15 heavy (non-hydrogen) atoms. The van der Waals surface area contributed by atoms with Crippen LogP contribution in [-0.4, -0.2) is 16.6 Å². The van der Waals surface area contributed by atoms with Crippen LogP contribution in [0.5, 0.6) is 0 Å². The summed E-state index contributed by atoms with van der Waals surface area (Å²) in [6, 6.07) is 5.19. The highest BCUT2D eigenvalue weighted by molar-refractivity contribution is 5.93. The lowest BCUT2D eigenvalue weighted by Gasteiger charge is -2.00. The van der Waals surface area contributed by atoms with E-state index in [-0.39, 0.29) is 5.91 Å². The summed E-state index contributed by atoms with van der Waals surface area (Å²) in [4.78, 5) is 15.4. The lowest BCUT2D eigenvalue weighted by Crippen LogP contribution is -2.20. The molecule has 1 heterocycles. The molecule has 1 N–H and O–H groups in total. The SMILES string of the molecule is CCC/C(C)=N/NC(=O)c1ccccn1. The van der Waals surface area contributed by atoms with Crippen molar-refractivity contribution in [1.82, 2.24) is 10.4 Å². The Labute approximate surface area is 89.4 Å². The zero-order valence-corrected chi connectivity index (χ0v) is 9.03. The smallest absolute Gasteiger partial charge is 0.266 e. The van der Waals surface area contributed by atoms with Crippen LogP contribution in [0.15, 0.2) is 29.5 Å². The van der Waals surface area contributed by atoms with Gasteiger partial charge in [-0.15, -0.1) is 0 Å². The van der Waals surface area contributed by atoms with Crippen LogP contribution in [0.4, 0.5) is 0 Å². The molecule has 4 heteroatoms. The Hall–Kier alpha value is -1.71. The van der Waals surface area contributed by atoms with Gasteiger partial charge < -0.3 is 0 Å². The van der Waals surface area contributed by atoms with E-state index in [1.807, 2.05) is 6.92 Å². The van der Waals surface area contributed by atoms with Crippen LogP contribution in [0.25, 0.3) is 0 Å². The number of hydrazone groups is 1. The van der Waals surface area contributed by atoms with Crippen molar-refractivity contribution in [2.75, 3.05) is 0 Å². The van der Waals surface area contributed by atoms with Gasteiger partial charge in [-0.3, -0.25) is 9.78 Å². The van der Waals surface area contributed by atoms with Gasteiger partial charge in [0.15, 0.2) is 0 Å². The maximum atomic E-state index is 11.5. The third-order valence-electron chi connectivity index (χ3n) is 1.86. The number of rotatable bonds is 4. The molecule has 0 aliphatic carbocycles. The zero-order valence-electron chi connectivity index (χ0n) is 9.03. The first-order valence-electron chi connectivity index (χ1n) is 4.98. The monoisotopic (exact) mass is 205 g/mol. The van der Waals surface area contributed by atoms with Gasteiger partial charge in [0.1, 0.15) is 5.69 Å². The minimum atomic E-state index is -0.272. The number of amides is 1. The van der Waals surface area contributed by atoms with Crippen molar-refractivity contribution in [3.63, 3.8) is 0 Å². The third kappa shape index (κ3) is 3.89. The molecule has 0 spiro atoms. The van der Waals surface area contributed by atoms with Crippen molar-refractivity contribution in [1.29, 1.82) is 0 Å². The summed E-state index contributed by atoms with van der Waals surface area (Å²) in [6.45, 7) is 3.96. The standard InChI is InChI=1S/C11H15N3O/c1-3-6-9(2)13-14-11(15)10-7-4-5-8-12-10/h4-5,7-8H,3,6H2,1-2H3,(H,14,15)/b13-9+. The number of aromatic nitrogens is 1. The van der Waals surface area contributed by atoms with E-state index in [0.29, 0.717) is 5.69 Å². The Morgan fingerprint density at radius 2 is 2.33 bits per heavy atom. The highest BCUT2D eigenvalue weighted by atomic mass is 16.2. The molecule has 1 amide bonds. The topological polar surface area (TPSA) is 54.4 Å². The lowest BCUT2D eigenvalue weighted by atomic mass is 10.2. The predicted octanol–water partition coefficient (Wildman–Crippen LogP) is 1.99. The van der Waals surface area contributed by atoms with Gasteiger partial charge in [-0.1, -0.05) is 19.4 Å². The normalized spacial score (nSPS) is 11.2. The lowest BCUT2D eigenvalue weighted by molar-refractivity contribution is 0.0949. The third-order valence-corrected chi connectivity index (χ3v) is 1.86. The van der Waals surface area contributed by atoms with Crippen molar-refractivity contribution in [2.45, 2.75) is 26.7 Å². The maximum absolute atomic E-state index is 11.5. The van der Waals surface area contributed by atoms with Gasteiger partial charge in [-0.2, -0.15) is 5.10 Å². The van der Waals surface area contributed by atoms with Crippen molar-refractivity contribution < 1.29 is 4.79 Å². The van der Waals surface area contributed by atoms with E-state index in [2.05, 4.69) is 22.4 Å². The summed E-state index contributed by atoms with van der Waals surface area (Å²) in [5, 5.41) is 3.97. The number of hydrogen-bond acceptors (Lipinski definition) is 3. The molecule has 0 aliphatic heterocycles. The van der Waals surface area contributed by atoms with Crippen LogP contribution < -0.4 is 5.43 Å². The Morgan fingerprint density at radius 1 is 1.53 bits per heavy atom. The average Bonchev–Trinajstić information content (AvgIpc) is 2.27. The Morgan fingerprint density at radius 3 is 2.93 bits per heavy atom.